The first-order chi connectivity index (χ1) is 4.72. The average Bonchev–Trinajstić information content (AvgIpc) is 1.87. The molecule has 0 rings (SSSR count). The normalized spacial score (nSPS) is 16.8. The zero-order valence-corrected chi connectivity index (χ0v) is 6.97. The van der Waals surface area contributed by atoms with Crippen LogP contribution >= 0.6 is 11.8 Å². The van der Waals surface area contributed by atoms with Gasteiger partial charge in [-0.05, 0) is 12.2 Å². The molecule has 0 saturated heterocycles. The van der Waals surface area contributed by atoms with Crippen molar-refractivity contribution in [1.29, 1.82) is 0 Å². The fourth-order valence-electron chi connectivity index (χ4n) is 0.694. The molecule has 0 aliphatic heterocycles. The van der Waals surface area contributed by atoms with Crippen molar-refractivity contribution in [2.24, 2.45) is 5.73 Å². The molecule has 0 heterocycles. The zero-order chi connectivity index (χ0) is 7.98. The molecule has 4 heteroatoms. The number of aliphatic hydroxyl groups is 2. The molecule has 4 N–H and O–H groups in total. The van der Waals surface area contributed by atoms with E-state index in [1.54, 1.807) is 11.8 Å². The second-order valence-electron chi connectivity index (χ2n) is 2.00. The van der Waals surface area contributed by atoms with Crippen LogP contribution in [0.4, 0.5) is 0 Å². The van der Waals surface area contributed by atoms with E-state index in [1.165, 1.54) is 0 Å². The fourth-order valence-corrected chi connectivity index (χ4v) is 1.59. The van der Waals surface area contributed by atoms with Gasteiger partial charge in [0.15, 0.2) is 0 Å². The monoisotopic (exact) mass is 165 g/mol. The van der Waals surface area contributed by atoms with Crippen molar-refractivity contribution in [2.75, 3.05) is 12.4 Å². The highest BCUT2D eigenvalue weighted by atomic mass is 32.2. The third-order valence-electron chi connectivity index (χ3n) is 1.18. The van der Waals surface area contributed by atoms with E-state index in [0.717, 1.165) is 5.75 Å². The highest BCUT2D eigenvalue weighted by Crippen LogP contribution is 2.15. The highest BCUT2D eigenvalue weighted by Gasteiger charge is 2.13. The summed E-state index contributed by atoms with van der Waals surface area (Å²) in [6.45, 7) is 2.09. The molecule has 0 aliphatic carbocycles. The van der Waals surface area contributed by atoms with Gasteiger partial charge in [-0.15, -0.1) is 0 Å². The Morgan fingerprint density at radius 2 is 2.20 bits per heavy atom. The van der Waals surface area contributed by atoms with Crippen molar-refractivity contribution in [3.05, 3.63) is 0 Å². The Kier molecular flexibility index (Phi) is 6.11. The van der Waals surface area contributed by atoms with Crippen molar-refractivity contribution in [2.45, 2.75) is 24.8 Å². The van der Waals surface area contributed by atoms with Crippen LogP contribution in [-0.4, -0.2) is 34.1 Å². The molecule has 0 bridgehead atoms. The molecule has 0 radical (unpaired) electrons. The first-order valence-electron chi connectivity index (χ1n) is 3.38. The maximum atomic E-state index is 8.92. The van der Waals surface area contributed by atoms with Crippen LogP contribution in [-0.2, 0) is 0 Å². The van der Waals surface area contributed by atoms with Crippen LogP contribution in [0.15, 0.2) is 0 Å². The Bertz CT molecular complexity index is 74.1. The molecule has 0 aliphatic rings. The van der Waals surface area contributed by atoms with E-state index in [2.05, 4.69) is 0 Å². The minimum atomic E-state index is -0.808. The smallest absolute Gasteiger partial charge is 0.114 e. The number of nitrogens with two attached hydrogens (primary N) is 1. The minimum Gasteiger partial charge on any atom is -0.396 e. The Labute approximate surface area is 65.6 Å². The van der Waals surface area contributed by atoms with Gasteiger partial charge in [-0.3, -0.25) is 0 Å². The van der Waals surface area contributed by atoms with Gasteiger partial charge in [0, 0.05) is 11.9 Å². The van der Waals surface area contributed by atoms with Gasteiger partial charge >= 0.3 is 0 Å². The van der Waals surface area contributed by atoms with Crippen LogP contribution in [0.3, 0.4) is 0 Å². The summed E-state index contributed by atoms with van der Waals surface area (Å²) in [6, 6.07) is 0. The van der Waals surface area contributed by atoms with Crippen molar-refractivity contribution in [3.63, 3.8) is 0 Å². The maximum absolute atomic E-state index is 8.92. The summed E-state index contributed by atoms with van der Waals surface area (Å²) in [7, 11) is 0. The molecule has 2 atom stereocenters. The lowest BCUT2D eigenvalue weighted by molar-refractivity contribution is 0.163. The standard InChI is InChI=1S/C6H15NO2S/c1-2-10-5(3-4-8)6(7)9/h5-6,8-9H,2-4,7H2,1H3. The molecule has 0 saturated carbocycles. The lowest BCUT2D eigenvalue weighted by Crippen LogP contribution is -2.32. The first-order valence-corrected chi connectivity index (χ1v) is 4.43. The van der Waals surface area contributed by atoms with Gasteiger partial charge < -0.3 is 15.9 Å². The predicted octanol–water partition coefficient (Wildman–Crippen LogP) is -0.232. The predicted molar refractivity (Wildman–Crippen MR) is 43.8 cm³/mol. The molecule has 0 spiro atoms. The molecular formula is C6H15NO2S. The lowest BCUT2D eigenvalue weighted by atomic mass is 10.3. The first kappa shape index (κ1) is 10.2. The van der Waals surface area contributed by atoms with Gasteiger partial charge in [0.2, 0.25) is 0 Å². The summed E-state index contributed by atoms with van der Waals surface area (Å²) < 4.78 is 0. The van der Waals surface area contributed by atoms with E-state index in [-0.39, 0.29) is 11.9 Å². The topological polar surface area (TPSA) is 66.5 Å². The Hall–Kier alpha value is 0.230. The quantitative estimate of drug-likeness (QED) is 0.492. The molecule has 3 nitrogen and oxygen atoms in total. The molecule has 2 unspecified atom stereocenters. The van der Waals surface area contributed by atoms with Crippen LogP contribution < -0.4 is 5.73 Å². The Morgan fingerprint density at radius 1 is 1.60 bits per heavy atom. The Morgan fingerprint density at radius 3 is 2.50 bits per heavy atom. The third kappa shape index (κ3) is 4.11. The van der Waals surface area contributed by atoms with E-state index in [1.807, 2.05) is 6.92 Å². The van der Waals surface area contributed by atoms with Gasteiger partial charge in [-0.1, -0.05) is 6.92 Å². The average molecular weight is 165 g/mol. The lowest BCUT2D eigenvalue weighted by Gasteiger charge is -2.16. The summed E-state index contributed by atoms with van der Waals surface area (Å²) in [5.41, 5.74) is 5.23. The molecular weight excluding hydrogens is 150 g/mol. The van der Waals surface area contributed by atoms with Crippen LogP contribution in [0.25, 0.3) is 0 Å². The van der Waals surface area contributed by atoms with Crippen molar-refractivity contribution in [3.8, 4) is 0 Å². The van der Waals surface area contributed by atoms with Gasteiger partial charge in [-0.2, -0.15) is 11.8 Å². The zero-order valence-electron chi connectivity index (χ0n) is 6.16. The van der Waals surface area contributed by atoms with Gasteiger partial charge in [0.05, 0.1) is 0 Å². The largest absolute Gasteiger partial charge is 0.396 e. The number of rotatable bonds is 5. The van der Waals surface area contributed by atoms with Crippen molar-refractivity contribution >= 4 is 11.8 Å². The van der Waals surface area contributed by atoms with Crippen molar-refractivity contribution in [1.82, 2.24) is 0 Å². The van der Waals surface area contributed by atoms with E-state index in [0.29, 0.717) is 6.42 Å². The number of thioether (sulfide) groups is 1. The van der Waals surface area contributed by atoms with Crippen LogP contribution in [0.2, 0.25) is 0 Å². The van der Waals surface area contributed by atoms with E-state index in [4.69, 9.17) is 15.9 Å². The molecule has 0 aromatic heterocycles. The number of hydrogen-bond acceptors (Lipinski definition) is 4. The second kappa shape index (κ2) is 5.97. The fraction of sp³-hybridized carbons (Fsp3) is 1.00. The minimum absolute atomic E-state index is 0.0185. The summed E-state index contributed by atoms with van der Waals surface area (Å²) in [5, 5.41) is 17.4. The molecule has 0 aromatic rings. The van der Waals surface area contributed by atoms with E-state index < -0.39 is 6.23 Å². The van der Waals surface area contributed by atoms with Crippen LogP contribution in [0.5, 0.6) is 0 Å². The van der Waals surface area contributed by atoms with Gasteiger partial charge in [0.1, 0.15) is 6.23 Å². The third-order valence-corrected chi connectivity index (χ3v) is 2.45. The molecule has 62 valence electrons. The summed E-state index contributed by atoms with van der Waals surface area (Å²) in [6.07, 6.45) is -0.243. The highest BCUT2D eigenvalue weighted by molar-refractivity contribution is 7.99. The van der Waals surface area contributed by atoms with Gasteiger partial charge in [-0.25, -0.2) is 0 Å². The SMILES string of the molecule is CCSC(CCO)C(N)O. The van der Waals surface area contributed by atoms with Crippen LogP contribution in [0.1, 0.15) is 13.3 Å². The summed E-state index contributed by atoms with van der Waals surface area (Å²) >= 11 is 1.57. The molecule has 10 heavy (non-hydrogen) atoms. The van der Waals surface area contributed by atoms with Crippen LogP contribution in [0, 0.1) is 0 Å². The molecule has 0 fully saturated rings. The van der Waals surface area contributed by atoms with E-state index >= 15 is 0 Å². The summed E-state index contributed by atoms with van der Waals surface area (Å²) in [5.74, 6) is 0.916. The molecule has 0 amide bonds. The summed E-state index contributed by atoms with van der Waals surface area (Å²) in [4.78, 5) is 0. The number of hydrogen-bond donors (Lipinski definition) is 3. The number of aliphatic hydroxyl groups excluding tert-OH is 2. The maximum Gasteiger partial charge on any atom is 0.114 e. The van der Waals surface area contributed by atoms with E-state index in [9.17, 15) is 0 Å². The second-order valence-corrected chi connectivity index (χ2v) is 3.51. The molecule has 0 aromatic carbocycles. The van der Waals surface area contributed by atoms with Crippen molar-refractivity contribution < 1.29 is 10.2 Å². The van der Waals surface area contributed by atoms with Gasteiger partial charge in [0.25, 0.3) is 0 Å². The Balaban J connectivity index is 3.50.